The highest BCUT2D eigenvalue weighted by molar-refractivity contribution is 5.77. The molecule has 1 aliphatic rings. The van der Waals surface area contributed by atoms with Crippen molar-refractivity contribution in [1.82, 2.24) is 10.6 Å². The summed E-state index contributed by atoms with van der Waals surface area (Å²) < 4.78 is 38.0. The van der Waals surface area contributed by atoms with Crippen molar-refractivity contribution >= 4 is 6.03 Å². The van der Waals surface area contributed by atoms with E-state index in [1.165, 1.54) is 18.2 Å². The molecule has 2 amide bonds. The van der Waals surface area contributed by atoms with E-state index in [1.54, 1.807) is 0 Å². The highest BCUT2D eigenvalue weighted by Crippen LogP contribution is 2.34. The van der Waals surface area contributed by atoms with Gasteiger partial charge in [0.05, 0.1) is 11.6 Å². The highest BCUT2D eigenvalue weighted by atomic mass is 19.4. The predicted octanol–water partition coefficient (Wildman–Crippen LogP) is 2.06. The zero-order valence-electron chi connectivity index (χ0n) is 8.14. The fourth-order valence-electron chi connectivity index (χ4n) is 1.70. The second kappa shape index (κ2) is 3.70. The maximum atomic E-state index is 12.7. The van der Waals surface area contributed by atoms with Crippen molar-refractivity contribution in [3.05, 3.63) is 35.4 Å². The third-order valence-corrected chi connectivity index (χ3v) is 2.41. The van der Waals surface area contributed by atoms with E-state index in [4.69, 9.17) is 0 Å². The minimum Gasteiger partial charge on any atom is -0.336 e. The van der Waals surface area contributed by atoms with Crippen LogP contribution < -0.4 is 10.6 Å². The van der Waals surface area contributed by atoms with Crippen LogP contribution in [0.5, 0.6) is 0 Å². The number of alkyl halides is 3. The average Bonchev–Trinajstić information content (AvgIpc) is 2.64. The molecule has 3 nitrogen and oxygen atoms in total. The van der Waals surface area contributed by atoms with Gasteiger partial charge in [0, 0.05) is 6.54 Å². The first-order valence-electron chi connectivity index (χ1n) is 4.69. The van der Waals surface area contributed by atoms with E-state index < -0.39 is 23.8 Å². The molecule has 0 radical (unpaired) electrons. The summed E-state index contributed by atoms with van der Waals surface area (Å²) in [6.45, 7) is 0.173. The molecule has 1 saturated heterocycles. The zero-order valence-corrected chi connectivity index (χ0v) is 8.14. The van der Waals surface area contributed by atoms with Crippen LogP contribution in [0.15, 0.2) is 24.3 Å². The molecule has 1 aromatic carbocycles. The van der Waals surface area contributed by atoms with Crippen LogP contribution in [0.2, 0.25) is 0 Å². The third-order valence-electron chi connectivity index (χ3n) is 2.41. The van der Waals surface area contributed by atoms with Gasteiger partial charge in [0.25, 0.3) is 0 Å². The molecule has 1 aromatic rings. The quantitative estimate of drug-likeness (QED) is 0.761. The Morgan fingerprint density at radius 1 is 1.25 bits per heavy atom. The molecule has 1 aliphatic heterocycles. The van der Waals surface area contributed by atoms with Gasteiger partial charge in [-0.05, 0) is 11.6 Å². The molecule has 2 rings (SSSR count). The van der Waals surface area contributed by atoms with Crippen LogP contribution in [-0.2, 0) is 6.18 Å². The summed E-state index contributed by atoms with van der Waals surface area (Å²) in [7, 11) is 0. The second-order valence-electron chi connectivity index (χ2n) is 3.49. The summed E-state index contributed by atoms with van der Waals surface area (Å²) in [5.74, 6) is 0. The summed E-state index contributed by atoms with van der Waals surface area (Å²) in [4.78, 5) is 10.9. The Kier molecular flexibility index (Phi) is 2.49. The number of halogens is 3. The van der Waals surface area contributed by atoms with Crippen molar-refractivity contribution in [2.45, 2.75) is 12.2 Å². The fourth-order valence-corrected chi connectivity index (χ4v) is 1.70. The van der Waals surface area contributed by atoms with Crippen molar-refractivity contribution in [3.63, 3.8) is 0 Å². The lowest BCUT2D eigenvalue weighted by Gasteiger charge is -2.16. The summed E-state index contributed by atoms with van der Waals surface area (Å²) in [6.07, 6.45) is -4.40. The van der Waals surface area contributed by atoms with Gasteiger partial charge in [0.15, 0.2) is 0 Å². The van der Waals surface area contributed by atoms with E-state index >= 15 is 0 Å². The molecule has 2 N–H and O–H groups in total. The Hall–Kier alpha value is -1.72. The van der Waals surface area contributed by atoms with E-state index in [0.29, 0.717) is 0 Å². The molecule has 1 fully saturated rings. The molecule has 0 spiro atoms. The van der Waals surface area contributed by atoms with E-state index in [9.17, 15) is 18.0 Å². The van der Waals surface area contributed by atoms with Gasteiger partial charge >= 0.3 is 12.2 Å². The molecule has 86 valence electrons. The molecule has 0 aliphatic carbocycles. The number of urea groups is 1. The first-order chi connectivity index (χ1) is 7.48. The standard InChI is InChI=1S/C10H9F3N2O/c11-10(12,13)7-4-2-1-3-6(7)8-5-14-9(16)15-8/h1-4,8H,5H2,(H2,14,15,16). The van der Waals surface area contributed by atoms with Gasteiger partial charge in [-0.1, -0.05) is 18.2 Å². The minimum atomic E-state index is -4.40. The van der Waals surface area contributed by atoms with Crippen LogP contribution in [0.1, 0.15) is 17.2 Å². The summed E-state index contributed by atoms with van der Waals surface area (Å²) in [6, 6.07) is 4.18. The lowest BCUT2D eigenvalue weighted by atomic mass is 10.0. The van der Waals surface area contributed by atoms with Crippen molar-refractivity contribution in [2.75, 3.05) is 6.54 Å². The third kappa shape index (κ3) is 1.95. The molecule has 16 heavy (non-hydrogen) atoms. The summed E-state index contributed by atoms with van der Waals surface area (Å²) >= 11 is 0. The van der Waals surface area contributed by atoms with Gasteiger partial charge < -0.3 is 10.6 Å². The lowest BCUT2D eigenvalue weighted by Crippen LogP contribution is -2.23. The zero-order chi connectivity index (χ0) is 11.8. The maximum absolute atomic E-state index is 12.7. The molecule has 6 heteroatoms. The van der Waals surface area contributed by atoms with E-state index in [-0.39, 0.29) is 12.1 Å². The van der Waals surface area contributed by atoms with Gasteiger partial charge in [-0.3, -0.25) is 0 Å². The van der Waals surface area contributed by atoms with Crippen LogP contribution in [0.25, 0.3) is 0 Å². The first-order valence-corrected chi connectivity index (χ1v) is 4.69. The fraction of sp³-hybridized carbons (Fsp3) is 0.300. The number of hydrogen-bond donors (Lipinski definition) is 2. The molecule has 0 bridgehead atoms. The number of carbonyl (C=O) groups excluding carboxylic acids is 1. The molecular weight excluding hydrogens is 221 g/mol. The Balaban J connectivity index is 2.37. The van der Waals surface area contributed by atoms with Gasteiger partial charge in [0.2, 0.25) is 0 Å². The van der Waals surface area contributed by atoms with E-state index in [2.05, 4.69) is 10.6 Å². The largest absolute Gasteiger partial charge is 0.416 e. The number of nitrogens with one attached hydrogen (secondary N) is 2. The Bertz CT molecular complexity index is 417. The van der Waals surface area contributed by atoms with Crippen LogP contribution in [0.4, 0.5) is 18.0 Å². The summed E-state index contributed by atoms with van der Waals surface area (Å²) in [5.41, 5.74) is -0.614. The van der Waals surface area contributed by atoms with Crippen LogP contribution in [0, 0.1) is 0 Å². The van der Waals surface area contributed by atoms with Crippen LogP contribution >= 0.6 is 0 Å². The number of hydrogen-bond acceptors (Lipinski definition) is 1. The van der Waals surface area contributed by atoms with Crippen molar-refractivity contribution < 1.29 is 18.0 Å². The molecular formula is C10H9F3N2O. The predicted molar refractivity (Wildman–Crippen MR) is 50.7 cm³/mol. The Morgan fingerprint density at radius 3 is 2.50 bits per heavy atom. The number of rotatable bonds is 1. The van der Waals surface area contributed by atoms with E-state index in [0.717, 1.165) is 6.07 Å². The highest BCUT2D eigenvalue weighted by Gasteiger charge is 2.36. The minimum absolute atomic E-state index is 0.0911. The maximum Gasteiger partial charge on any atom is 0.416 e. The number of carbonyl (C=O) groups is 1. The van der Waals surface area contributed by atoms with E-state index in [1.807, 2.05) is 0 Å². The SMILES string of the molecule is O=C1NCC(c2ccccc2C(F)(F)F)N1. The van der Waals surface area contributed by atoms with Gasteiger partial charge in [0.1, 0.15) is 0 Å². The molecule has 1 heterocycles. The molecule has 0 saturated carbocycles. The van der Waals surface area contributed by atoms with Crippen molar-refractivity contribution in [3.8, 4) is 0 Å². The molecule has 1 unspecified atom stereocenters. The van der Waals surface area contributed by atoms with Crippen LogP contribution in [0.3, 0.4) is 0 Å². The lowest BCUT2D eigenvalue weighted by molar-refractivity contribution is -0.138. The Labute approximate surface area is 89.6 Å². The first kappa shape index (κ1) is 10.8. The summed E-state index contributed by atoms with van der Waals surface area (Å²) in [5, 5.41) is 4.86. The van der Waals surface area contributed by atoms with Crippen LogP contribution in [-0.4, -0.2) is 12.6 Å². The van der Waals surface area contributed by atoms with Crippen molar-refractivity contribution in [2.24, 2.45) is 0 Å². The topological polar surface area (TPSA) is 41.1 Å². The van der Waals surface area contributed by atoms with Gasteiger partial charge in [-0.25, -0.2) is 4.79 Å². The normalized spacial score (nSPS) is 20.4. The molecule has 0 aromatic heterocycles. The Morgan fingerprint density at radius 2 is 1.94 bits per heavy atom. The molecule has 1 atom stereocenters. The monoisotopic (exact) mass is 230 g/mol. The number of benzene rings is 1. The number of amides is 2. The van der Waals surface area contributed by atoms with Crippen molar-refractivity contribution in [1.29, 1.82) is 0 Å². The van der Waals surface area contributed by atoms with Gasteiger partial charge in [-0.2, -0.15) is 13.2 Å². The second-order valence-corrected chi connectivity index (χ2v) is 3.49. The average molecular weight is 230 g/mol. The smallest absolute Gasteiger partial charge is 0.336 e. The van der Waals surface area contributed by atoms with Gasteiger partial charge in [-0.15, -0.1) is 0 Å².